The number of anilines is 1. The van der Waals surface area contributed by atoms with Crippen molar-refractivity contribution in [3.63, 3.8) is 0 Å². The van der Waals surface area contributed by atoms with Gasteiger partial charge in [0.2, 0.25) is 0 Å². The molecule has 0 spiro atoms. The van der Waals surface area contributed by atoms with Gasteiger partial charge in [-0.2, -0.15) is 0 Å². The van der Waals surface area contributed by atoms with E-state index in [4.69, 9.17) is 22.1 Å². The molecule has 1 saturated heterocycles. The second kappa shape index (κ2) is 10.6. The Bertz CT molecular complexity index is 565. The minimum absolute atomic E-state index is 0.160. The molecule has 1 aliphatic carbocycles. The number of halogens is 1. The zero-order chi connectivity index (χ0) is 19.7. The summed E-state index contributed by atoms with van der Waals surface area (Å²) in [5, 5.41) is 7.81. The van der Waals surface area contributed by atoms with Crippen molar-refractivity contribution in [2.75, 3.05) is 18.8 Å². The van der Waals surface area contributed by atoms with Crippen LogP contribution in [0.1, 0.15) is 78.2 Å². The number of aromatic nitrogens is 2. The quantitative estimate of drug-likeness (QED) is 0.734. The van der Waals surface area contributed by atoms with Crippen LogP contribution in [0.2, 0.25) is 5.15 Å². The van der Waals surface area contributed by atoms with Crippen LogP contribution in [0.5, 0.6) is 0 Å². The van der Waals surface area contributed by atoms with Crippen LogP contribution < -0.4 is 5.73 Å². The number of rotatable bonds is 1. The summed E-state index contributed by atoms with van der Waals surface area (Å²) in [6.07, 6.45) is 5.70. The molecule has 0 radical (unpaired) electrons. The fourth-order valence-corrected chi connectivity index (χ4v) is 2.67. The van der Waals surface area contributed by atoms with E-state index in [0.29, 0.717) is 16.9 Å². The fraction of sp³-hybridized carbons (Fsp3) is 0.737. The van der Waals surface area contributed by atoms with Gasteiger partial charge in [0.25, 0.3) is 0 Å². The number of nitrogens with zero attached hydrogens (tertiary/aromatic N) is 3. The van der Waals surface area contributed by atoms with Gasteiger partial charge < -0.3 is 15.4 Å². The highest BCUT2D eigenvalue weighted by atomic mass is 35.5. The van der Waals surface area contributed by atoms with E-state index < -0.39 is 0 Å². The number of amides is 1. The van der Waals surface area contributed by atoms with Crippen molar-refractivity contribution in [2.24, 2.45) is 0 Å². The van der Waals surface area contributed by atoms with Gasteiger partial charge in [-0.1, -0.05) is 25.4 Å². The van der Waals surface area contributed by atoms with Gasteiger partial charge in [0.1, 0.15) is 11.4 Å². The maximum absolute atomic E-state index is 11.5. The summed E-state index contributed by atoms with van der Waals surface area (Å²) in [5.74, 6) is 1.11. The van der Waals surface area contributed by atoms with Crippen LogP contribution in [0.4, 0.5) is 10.6 Å². The first-order chi connectivity index (χ1) is 12.3. The molecule has 1 saturated carbocycles. The largest absolute Gasteiger partial charge is 0.444 e. The molecule has 0 aromatic carbocycles. The van der Waals surface area contributed by atoms with E-state index in [1.165, 1.54) is 19.3 Å². The summed E-state index contributed by atoms with van der Waals surface area (Å²) in [5.41, 5.74) is 6.29. The Morgan fingerprint density at radius 2 is 1.77 bits per heavy atom. The van der Waals surface area contributed by atoms with E-state index in [0.717, 1.165) is 31.5 Å². The SMILES string of the molecule is CC.CC(C)(C)OC(=O)N1CCCCC1.Nc1nnc(Cl)cc1C1CC1. The predicted molar refractivity (Wildman–Crippen MR) is 106 cm³/mol. The number of carbonyl (C=O) groups excluding carboxylic acids is 1. The van der Waals surface area contributed by atoms with Crippen molar-refractivity contribution < 1.29 is 9.53 Å². The summed E-state index contributed by atoms with van der Waals surface area (Å²) in [6, 6.07) is 1.81. The molecule has 3 rings (SSSR count). The molecule has 148 valence electrons. The Labute approximate surface area is 162 Å². The number of carbonyl (C=O) groups is 1. The number of hydrogen-bond acceptors (Lipinski definition) is 5. The molecule has 26 heavy (non-hydrogen) atoms. The maximum Gasteiger partial charge on any atom is 0.410 e. The molecular formula is C19H33ClN4O2. The topological polar surface area (TPSA) is 81.3 Å². The van der Waals surface area contributed by atoms with Crippen LogP contribution in [0.15, 0.2) is 6.07 Å². The van der Waals surface area contributed by atoms with Gasteiger partial charge in [-0.05, 0) is 64.9 Å². The van der Waals surface area contributed by atoms with Crippen LogP contribution in [0.25, 0.3) is 0 Å². The highest BCUT2D eigenvalue weighted by molar-refractivity contribution is 6.29. The van der Waals surface area contributed by atoms with E-state index in [-0.39, 0.29) is 11.7 Å². The third-order valence-electron chi connectivity index (χ3n) is 3.85. The molecule has 2 aliphatic rings. The normalized spacial score (nSPS) is 16.6. The van der Waals surface area contributed by atoms with Crippen LogP contribution in [-0.4, -0.2) is 39.9 Å². The molecular weight excluding hydrogens is 352 g/mol. The second-order valence-corrected chi connectivity index (χ2v) is 7.70. The van der Waals surface area contributed by atoms with E-state index in [9.17, 15) is 4.79 Å². The maximum atomic E-state index is 11.5. The summed E-state index contributed by atoms with van der Waals surface area (Å²) in [4.78, 5) is 13.3. The Kier molecular flexibility index (Phi) is 9.13. The van der Waals surface area contributed by atoms with E-state index in [2.05, 4.69) is 10.2 Å². The number of piperidine rings is 1. The second-order valence-electron chi connectivity index (χ2n) is 7.31. The average molecular weight is 385 g/mol. The standard InChI is InChI=1S/C10H19NO2.C7H8ClN3.C2H6/c1-10(2,3)13-9(12)11-7-5-4-6-8-11;8-6-3-5(4-1-2-4)7(9)11-10-6;1-2/h4-8H2,1-3H3;3-4H,1-2H2,(H2,9,11);1-2H3. The van der Waals surface area contributed by atoms with E-state index in [1.54, 1.807) is 4.90 Å². The lowest BCUT2D eigenvalue weighted by molar-refractivity contribution is 0.0216. The summed E-state index contributed by atoms with van der Waals surface area (Å²) in [6.45, 7) is 11.4. The highest BCUT2D eigenvalue weighted by Gasteiger charge is 2.26. The minimum Gasteiger partial charge on any atom is -0.444 e. The summed E-state index contributed by atoms with van der Waals surface area (Å²) < 4.78 is 5.26. The minimum atomic E-state index is -0.367. The highest BCUT2D eigenvalue weighted by Crippen LogP contribution is 2.42. The predicted octanol–water partition coefficient (Wildman–Crippen LogP) is 5.02. The Morgan fingerprint density at radius 1 is 1.19 bits per heavy atom. The third-order valence-corrected chi connectivity index (χ3v) is 4.03. The lowest BCUT2D eigenvalue weighted by atomic mass is 10.1. The van der Waals surface area contributed by atoms with Gasteiger partial charge in [0.05, 0.1) is 0 Å². The number of ether oxygens (including phenoxy) is 1. The zero-order valence-corrected chi connectivity index (χ0v) is 17.5. The number of hydrogen-bond donors (Lipinski definition) is 1. The van der Waals surface area contributed by atoms with Crippen molar-refractivity contribution in [1.82, 2.24) is 15.1 Å². The van der Waals surface area contributed by atoms with Crippen LogP contribution in [0, 0.1) is 0 Å². The number of nitrogen functional groups attached to an aromatic ring is 1. The van der Waals surface area contributed by atoms with E-state index >= 15 is 0 Å². The lowest BCUT2D eigenvalue weighted by Gasteiger charge is -2.29. The molecule has 6 nitrogen and oxygen atoms in total. The monoisotopic (exact) mass is 384 g/mol. The number of likely N-dealkylation sites (tertiary alicyclic amines) is 1. The first-order valence-corrected chi connectivity index (χ1v) is 9.90. The summed E-state index contributed by atoms with van der Waals surface area (Å²) in [7, 11) is 0. The van der Waals surface area contributed by atoms with Crippen LogP contribution in [-0.2, 0) is 4.74 Å². The van der Waals surface area contributed by atoms with Crippen molar-refractivity contribution in [3.05, 3.63) is 16.8 Å². The Hall–Kier alpha value is -1.56. The Morgan fingerprint density at radius 3 is 2.27 bits per heavy atom. The van der Waals surface area contributed by atoms with Crippen molar-refractivity contribution in [1.29, 1.82) is 0 Å². The van der Waals surface area contributed by atoms with Crippen molar-refractivity contribution >= 4 is 23.5 Å². The van der Waals surface area contributed by atoms with Gasteiger partial charge in [0, 0.05) is 18.7 Å². The molecule has 0 unspecified atom stereocenters. The molecule has 1 aliphatic heterocycles. The van der Waals surface area contributed by atoms with Gasteiger partial charge in [-0.25, -0.2) is 4.79 Å². The first kappa shape index (κ1) is 22.5. The average Bonchev–Trinajstić information content (AvgIpc) is 3.44. The molecule has 2 fully saturated rings. The molecule has 0 bridgehead atoms. The van der Waals surface area contributed by atoms with Crippen LogP contribution in [0.3, 0.4) is 0 Å². The third kappa shape index (κ3) is 8.21. The van der Waals surface area contributed by atoms with Gasteiger partial charge in [-0.15, -0.1) is 10.2 Å². The van der Waals surface area contributed by atoms with Gasteiger partial charge in [-0.3, -0.25) is 0 Å². The first-order valence-electron chi connectivity index (χ1n) is 9.53. The van der Waals surface area contributed by atoms with Gasteiger partial charge >= 0.3 is 6.09 Å². The molecule has 2 N–H and O–H groups in total. The molecule has 1 aromatic heterocycles. The molecule has 1 aromatic rings. The van der Waals surface area contributed by atoms with Crippen molar-refractivity contribution in [3.8, 4) is 0 Å². The zero-order valence-electron chi connectivity index (χ0n) is 16.7. The van der Waals surface area contributed by atoms with Crippen molar-refractivity contribution in [2.45, 2.75) is 78.2 Å². The molecule has 0 atom stereocenters. The Balaban J connectivity index is 0.000000239. The summed E-state index contributed by atoms with van der Waals surface area (Å²) >= 11 is 5.66. The van der Waals surface area contributed by atoms with Crippen LogP contribution >= 0.6 is 11.6 Å². The lowest BCUT2D eigenvalue weighted by Crippen LogP contribution is -2.39. The molecule has 2 heterocycles. The molecule has 7 heteroatoms. The van der Waals surface area contributed by atoms with E-state index in [1.807, 2.05) is 40.7 Å². The molecule has 1 amide bonds. The van der Waals surface area contributed by atoms with Gasteiger partial charge in [0.15, 0.2) is 5.15 Å². The number of nitrogens with two attached hydrogens (primary N) is 1. The smallest absolute Gasteiger partial charge is 0.410 e. The fourth-order valence-electron chi connectivity index (χ4n) is 2.51.